The smallest absolute Gasteiger partial charge is 0.322 e. The number of carbonyl (C=O) groups is 2. The second-order valence-corrected chi connectivity index (χ2v) is 5.10. The van der Waals surface area contributed by atoms with Crippen LogP contribution in [0.2, 0.25) is 0 Å². The largest absolute Gasteiger partial charge is 0.435 e. The molecule has 2 rings (SSSR count). The zero-order valence-corrected chi connectivity index (χ0v) is 11.8. The van der Waals surface area contributed by atoms with Crippen molar-refractivity contribution in [2.75, 3.05) is 13.2 Å². The molecule has 2 fully saturated rings. The molecule has 0 radical (unpaired) electrons. The first-order chi connectivity index (χ1) is 9.70. The highest BCUT2D eigenvalue weighted by Crippen LogP contribution is 2.21. The van der Waals surface area contributed by atoms with E-state index in [-0.39, 0.29) is 0 Å². The van der Waals surface area contributed by atoms with Gasteiger partial charge in [0.25, 0.3) is 0 Å². The van der Waals surface area contributed by atoms with E-state index in [1.54, 1.807) is 0 Å². The Balaban J connectivity index is 1.83. The fourth-order valence-corrected chi connectivity index (χ4v) is 1.97. The van der Waals surface area contributed by atoms with Crippen molar-refractivity contribution >= 4 is 11.9 Å². The van der Waals surface area contributed by atoms with Gasteiger partial charge < -0.3 is 18.9 Å². The molecule has 0 bridgehead atoms. The summed E-state index contributed by atoms with van der Waals surface area (Å²) >= 11 is 0. The molecular weight excluding hydrogens is 264 g/mol. The normalized spacial score (nSPS) is 26.1. The van der Waals surface area contributed by atoms with E-state index in [2.05, 4.69) is 6.92 Å². The molecule has 6 nitrogen and oxygen atoms in total. The van der Waals surface area contributed by atoms with Gasteiger partial charge in [0.05, 0.1) is 13.2 Å². The first kappa shape index (κ1) is 15.3. The highest BCUT2D eigenvalue weighted by Gasteiger charge is 2.35. The molecule has 2 atom stereocenters. The zero-order chi connectivity index (χ0) is 14.4. The fourth-order valence-electron chi connectivity index (χ4n) is 1.97. The number of ether oxygens (including phenoxy) is 4. The van der Waals surface area contributed by atoms with Crippen LogP contribution in [0, 0.1) is 5.92 Å². The molecule has 2 aliphatic heterocycles. The van der Waals surface area contributed by atoms with Gasteiger partial charge in [-0.1, -0.05) is 26.2 Å². The number of hydrogen-bond donors (Lipinski definition) is 0. The van der Waals surface area contributed by atoms with E-state index in [1.807, 2.05) is 0 Å². The van der Waals surface area contributed by atoms with Crippen LogP contribution in [0.5, 0.6) is 0 Å². The monoisotopic (exact) mass is 286 g/mol. The van der Waals surface area contributed by atoms with Crippen molar-refractivity contribution in [2.45, 2.75) is 58.0 Å². The van der Waals surface area contributed by atoms with E-state index >= 15 is 0 Å². The average Bonchev–Trinajstić information content (AvgIpc) is 2.33. The van der Waals surface area contributed by atoms with E-state index in [1.165, 1.54) is 0 Å². The van der Waals surface area contributed by atoms with Gasteiger partial charge in [0.2, 0.25) is 12.6 Å². The summed E-state index contributed by atoms with van der Waals surface area (Å²) in [7, 11) is 0. The van der Waals surface area contributed by atoms with Gasteiger partial charge in [-0.05, 0) is 6.42 Å². The van der Waals surface area contributed by atoms with Crippen molar-refractivity contribution in [3.63, 3.8) is 0 Å². The van der Waals surface area contributed by atoms with Gasteiger partial charge in [0.1, 0.15) is 0 Å². The Labute approximate surface area is 118 Å². The maximum Gasteiger partial charge on any atom is 0.322 e. The SMILES string of the molecule is CCCCCC(C(=O)OC1CCO1)C(=O)OC1CCO1. The third-order valence-corrected chi connectivity index (χ3v) is 3.48. The lowest BCUT2D eigenvalue weighted by molar-refractivity contribution is -0.230. The Morgan fingerprint density at radius 3 is 1.90 bits per heavy atom. The topological polar surface area (TPSA) is 71.1 Å². The zero-order valence-electron chi connectivity index (χ0n) is 11.8. The maximum atomic E-state index is 12.0. The molecule has 0 aromatic heterocycles. The second-order valence-electron chi connectivity index (χ2n) is 5.10. The van der Waals surface area contributed by atoms with Crippen LogP contribution in [0.3, 0.4) is 0 Å². The van der Waals surface area contributed by atoms with Gasteiger partial charge in [-0.15, -0.1) is 0 Å². The molecule has 0 N–H and O–H groups in total. The summed E-state index contributed by atoms with van der Waals surface area (Å²) in [6.45, 7) is 3.26. The van der Waals surface area contributed by atoms with E-state index in [4.69, 9.17) is 18.9 Å². The van der Waals surface area contributed by atoms with Crippen LogP contribution in [0.4, 0.5) is 0 Å². The van der Waals surface area contributed by atoms with Crippen molar-refractivity contribution in [1.82, 2.24) is 0 Å². The molecule has 0 aliphatic carbocycles. The molecule has 0 aromatic rings. The maximum absolute atomic E-state index is 12.0. The molecular formula is C14H22O6. The minimum absolute atomic E-state index is 0.449. The van der Waals surface area contributed by atoms with E-state index in [0.29, 0.717) is 32.5 Å². The van der Waals surface area contributed by atoms with Gasteiger partial charge in [-0.3, -0.25) is 9.59 Å². The van der Waals surface area contributed by atoms with Crippen LogP contribution >= 0.6 is 0 Å². The third-order valence-electron chi connectivity index (χ3n) is 3.48. The van der Waals surface area contributed by atoms with Crippen LogP contribution in [-0.4, -0.2) is 37.7 Å². The molecule has 0 amide bonds. The van der Waals surface area contributed by atoms with E-state index in [9.17, 15) is 9.59 Å². The molecule has 114 valence electrons. The van der Waals surface area contributed by atoms with Crippen molar-refractivity contribution < 1.29 is 28.5 Å². The van der Waals surface area contributed by atoms with Gasteiger partial charge in [-0.25, -0.2) is 0 Å². The number of hydrogen-bond acceptors (Lipinski definition) is 6. The highest BCUT2D eigenvalue weighted by atomic mass is 16.7. The number of carbonyl (C=O) groups excluding carboxylic acids is 2. The average molecular weight is 286 g/mol. The van der Waals surface area contributed by atoms with Crippen molar-refractivity contribution in [1.29, 1.82) is 0 Å². The summed E-state index contributed by atoms with van der Waals surface area (Å²) in [5.74, 6) is -1.96. The standard InChI is InChI=1S/C14H22O6/c1-2-3-4-5-10(13(15)19-11-6-8-17-11)14(16)20-12-7-9-18-12/h10-12H,2-9H2,1H3. The van der Waals surface area contributed by atoms with Gasteiger partial charge >= 0.3 is 11.9 Å². The van der Waals surface area contributed by atoms with E-state index in [0.717, 1.165) is 19.3 Å². The Morgan fingerprint density at radius 2 is 1.55 bits per heavy atom. The summed E-state index contributed by atoms with van der Waals surface area (Å²) in [6, 6.07) is 0. The molecule has 2 heterocycles. The molecule has 0 saturated carbocycles. The van der Waals surface area contributed by atoms with Crippen LogP contribution < -0.4 is 0 Å². The van der Waals surface area contributed by atoms with Gasteiger partial charge in [0, 0.05) is 12.8 Å². The Bertz CT molecular complexity index is 307. The predicted molar refractivity (Wildman–Crippen MR) is 68.5 cm³/mol. The molecule has 0 aromatic carbocycles. The Kier molecular flexibility index (Phi) is 5.79. The number of esters is 2. The summed E-state index contributed by atoms with van der Waals surface area (Å²) in [4.78, 5) is 24.1. The molecule has 6 heteroatoms. The minimum atomic E-state index is -0.866. The molecule has 2 saturated heterocycles. The Morgan fingerprint density at radius 1 is 1.05 bits per heavy atom. The van der Waals surface area contributed by atoms with Crippen LogP contribution in [0.1, 0.15) is 45.4 Å². The van der Waals surface area contributed by atoms with Gasteiger partial charge in [0.15, 0.2) is 5.92 Å². The summed E-state index contributed by atoms with van der Waals surface area (Å²) in [5, 5.41) is 0. The lowest BCUT2D eigenvalue weighted by Gasteiger charge is -2.29. The quantitative estimate of drug-likeness (QED) is 0.385. The predicted octanol–water partition coefficient (Wildman–Crippen LogP) is 1.76. The Hall–Kier alpha value is -1.14. The highest BCUT2D eigenvalue weighted by molar-refractivity contribution is 5.95. The first-order valence-electron chi connectivity index (χ1n) is 7.35. The van der Waals surface area contributed by atoms with Gasteiger partial charge in [-0.2, -0.15) is 0 Å². The molecule has 20 heavy (non-hydrogen) atoms. The number of rotatable bonds is 8. The summed E-state index contributed by atoms with van der Waals surface area (Å²) in [6.07, 6.45) is 3.62. The second kappa shape index (κ2) is 7.59. The fraction of sp³-hybridized carbons (Fsp3) is 0.857. The van der Waals surface area contributed by atoms with Crippen molar-refractivity contribution in [3.05, 3.63) is 0 Å². The first-order valence-corrected chi connectivity index (χ1v) is 7.35. The van der Waals surface area contributed by atoms with E-state index < -0.39 is 30.4 Å². The van der Waals surface area contributed by atoms with Crippen LogP contribution in [0.15, 0.2) is 0 Å². The van der Waals surface area contributed by atoms with Crippen molar-refractivity contribution in [2.24, 2.45) is 5.92 Å². The minimum Gasteiger partial charge on any atom is -0.435 e. The lowest BCUT2D eigenvalue weighted by atomic mass is 10.0. The van der Waals surface area contributed by atoms with Crippen LogP contribution in [-0.2, 0) is 28.5 Å². The van der Waals surface area contributed by atoms with Crippen LogP contribution in [0.25, 0.3) is 0 Å². The van der Waals surface area contributed by atoms with Crippen molar-refractivity contribution in [3.8, 4) is 0 Å². The summed E-state index contributed by atoms with van der Waals surface area (Å²) in [5.41, 5.74) is 0. The molecule has 0 spiro atoms. The molecule has 2 aliphatic rings. The summed E-state index contributed by atoms with van der Waals surface area (Å²) < 4.78 is 20.4. The lowest BCUT2D eigenvalue weighted by Crippen LogP contribution is -2.39. The third kappa shape index (κ3) is 4.18. The number of unbranched alkanes of at least 4 members (excludes halogenated alkanes) is 2. The molecule has 2 unspecified atom stereocenters.